The van der Waals surface area contributed by atoms with Gasteiger partial charge in [0.1, 0.15) is 6.04 Å². The molecule has 1 saturated carbocycles. The van der Waals surface area contributed by atoms with Crippen LogP contribution in [-0.2, 0) is 16.1 Å². The molecule has 1 N–H and O–H groups in total. The zero-order chi connectivity index (χ0) is 25.9. The average Bonchev–Trinajstić information content (AvgIpc) is 2.89. The number of carboxylic acid groups (broad SMARTS) is 1. The summed E-state index contributed by atoms with van der Waals surface area (Å²) in [6.07, 6.45) is 11.5. The van der Waals surface area contributed by atoms with Gasteiger partial charge >= 0.3 is 24.8 Å². The van der Waals surface area contributed by atoms with Crippen molar-refractivity contribution in [3.05, 3.63) is 59.2 Å². The van der Waals surface area contributed by atoms with Crippen LogP contribution in [-0.4, -0.2) is 53.6 Å². The van der Waals surface area contributed by atoms with Crippen molar-refractivity contribution < 1.29 is 38.3 Å². The molecule has 37 heavy (non-hydrogen) atoms. The van der Waals surface area contributed by atoms with Crippen molar-refractivity contribution >= 4 is 23.6 Å². The van der Waals surface area contributed by atoms with Crippen molar-refractivity contribution in [3.63, 3.8) is 0 Å². The zero-order valence-corrected chi connectivity index (χ0v) is 23.8. The van der Waals surface area contributed by atoms with Crippen molar-refractivity contribution in [2.75, 3.05) is 25.7 Å². The molecule has 0 aromatic heterocycles. The van der Waals surface area contributed by atoms with Gasteiger partial charge in [0.25, 0.3) is 5.91 Å². The Hall–Kier alpha value is -1.71. The molecule has 0 heterocycles. The van der Waals surface area contributed by atoms with E-state index < -0.39 is 12.0 Å². The maximum absolute atomic E-state index is 13.5. The predicted molar refractivity (Wildman–Crippen MR) is 149 cm³/mol. The largest absolute Gasteiger partial charge is 1.00 e. The van der Waals surface area contributed by atoms with Crippen molar-refractivity contribution in [1.82, 2.24) is 4.90 Å². The van der Waals surface area contributed by atoms with Crippen LogP contribution in [0.25, 0.3) is 11.1 Å². The van der Waals surface area contributed by atoms with Crippen molar-refractivity contribution in [2.24, 2.45) is 5.92 Å². The zero-order valence-electron chi connectivity index (χ0n) is 23.0. The van der Waals surface area contributed by atoms with Crippen molar-refractivity contribution in [3.8, 4) is 11.1 Å². The Labute approximate surface area is 238 Å². The Morgan fingerprint density at radius 1 is 1.11 bits per heavy atom. The first-order valence-corrected chi connectivity index (χ1v) is 14.6. The van der Waals surface area contributed by atoms with E-state index in [2.05, 4.69) is 0 Å². The second kappa shape index (κ2) is 16.3. The molecule has 3 rings (SSSR count). The molecule has 5 nitrogen and oxygen atoms in total. The standard InChI is InChI=1S/C30H41NO4S.Li/c1-22-10-7-8-14-25(22)27-20-24(21-35-18-9-13-23-11-5-4-6-12-23)15-16-26(27)29(32)31(2)28(30(33)34)17-19-36-3;/h7-8,10,14-16,20,23,28H,4-6,9,11-13,17-19,21H2,1-3H3,(H,33,34);/q;+1. The Morgan fingerprint density at radius 2 is 1.84 bits per heavy atom. The van der Waals surface area contributed by atoms with Crippen LogP contribution >= 0.6 is 11.8 Å². The van der Waals surface area contributed by atoms with E-state index in [1.807, 2.05) is 55.6 Å². The third kappa shape index (κ3) is 9.21. The van der Waals surface area contributed by atoms with Gasteiger partial charge < -0.3 is 14.7 Å². The molecule has 1 aliphatic rings. The SMILES string of the molecule is CSCCC(C(=O)O)N(C)C(=O)c1ccc(COCCCC2CCCCC2)cc1-c1ccccc1C.[Li+]. The fourth-order valence-electron chi connectivity index (χ4n) is 5.15. The molecule has 0 bridgehead atoms. The second-order valence-electron chi connectivity index (χ2n) is 9.95. The van der Waals surface area contributed by atoms with E-state index in [4.69, 9.17) is 4.74 Å². The van der Waals surface area contributed by atoms with E-state index in [9.17, 15) is 14.7 Å². The van der Waals surface area contributed by atoms with Gasteiger partial charge in [-0.3, -0.25) is 4.79 Å². The van der Waals surface area contributed by atoms with Gasteiger partial charge in [-0.25, -0.2) is 4.79 Å². The third-order valence-electron chi connectivity index (χ3n) is 7.31. The number of thioether (sulfide) groups is 1. The molecule has 1 aliphatic carbocycles. The quantitative estimate of drug-likeness (QED) is 0.323. The summed E-state index contributed by atoms with van der Waals surface area (Å²) in [4.78, 5) is 26.8. The topological polar surface area (TPSA) is 66.8 Å². The van der Waals surface area contributed by atoms with Crippen LogP contribution in [0.1, 0.15) is 72.9 Å². The molecular formula is C30H41LiNO4S+. The molecule has 0 aliphatic heterocycles. The number of rotatable bonds is 13. The summed E-state index contributed by atoms with van der Waals surface area (Å²) in [7, 11) is 1.59. The third-order valence-corrected chi connectivity index (χ3v) is 7.96. The maximum atomic E-state index is 13.5. The molecule has 0 saturated heterocycles. The monoisotopic (exact) mass is 518 g/mol. The number of likely N-dealkylation sites (N-methyl/N-ethyl adjacent to an activating group) is 1. The molecule has 2 aromatic carbocycles. The van der Waals surface area contributed by atoms with Crippen LogP contribution in [0.4, 0.5) is 0 Å². The van der Waals surface area contributed by atoms with E-state index >= 15 is 0 Å². The van der Waals surface area contributed by atoms with E-state index in [-0.39, 0.29) is 24.8 Å². The van der Waals surface area contributed by atoms with Gasteiger partial charge in [0.15, 0.2) is 0 Å². The molecule has 1 amide bonds. The number of aliphatic carboxylic acids is 1. The normalized spacial score (nSPS) is 14.6. The number of carboxylic acids is 1. The fraction of sp³-hybridized carbons (Fsp3) is 0.533. The number of carbonyl (C=O) groups is 2. The van der Waals surface area contributed by atoms with Gasteiger partial charge in [0.05, 0.1) is 6.61 Å². The fourth-order valence-corrected chi connectivity index (χ4v) is 5.61. The predicted octanol–water partition coefficient (Wildman–Crippen LogP) is 3.82. The number of hydrogen-bond donors (Lipinski definition) is 1. The molecule has 2 aromatic rings. The molecule has 0 spiro atoms. The van der Waals surface area contributed by atoms with Crippen LogP contribution in [0.15, 0.2) is 42.5 Å². The second-order valence-corrected chi connectivity index (χ2v) is 10.9. The van der Waals surface area contributed by atoms with Gasteiger partial charge in [-0.1, -0.05) is 62.4 Å². The molecule has 1 atom stereocenters. The molecule has 0 radical (unpaired) electrons. The Bertz CT molecular complexity index is 1010. The van der Waals surface area contributed by atoms with Gasteiger partial charge in [0, 0.05) is 19.2 Å². The number of ether oxygens (including phenoxy) is 1. The van der Waals surface area contributed by atoms with E-state index in [0.717, 1.165) is 41.2 Å². The van der Waals surface area contributed by atoms with Crippen LogP contribution < -0.4 is 18.9 Å². The molecule has 1 fully saturated rings. The van der Waals surface area contributed by atoms with E-state index in [0.29, 0.717) is 24.3 Å². The van der Waals surface area contributed by atoms with E-state index in [1.54, 1.807) is 18.8 Å². The van der Waals surface area contributed by atoms with Gasteiger partial charge in [-0.05, 0) is 78.5 Å². The minimum Gasteiger partial charge on any atom is -0.480 e. The summed E-state index contributed by atoms with van der Waals surface area (Å²) in [5.74, 6) is 0.288. The van der Waals surface area contributed by atoms with Gasteiger partial charge in [0.2, 0.25) is 0 Å². The number of carbonyl (C=O) groups excluding carboxylic acids is 1. The maximum Gasteiger partial charge on any atom is 1.00 e. The van der Waals surface area contributed by atoms with Gasteiger partial charge in [-0.2, -0.15) is 11.8 Å². The first kappa shape index (κ1) is 31.5. The Balaban J connectivity index is 0.00000481. The minimum atomic E-state index is -0.976. The summed E-state index contributed by atoms with van der Waals surface area (Å²) in [6.45, 7) is 3.27. The minimum absolute atomic E-state index is 0. The van der Waals surface area contributed by atoms with Crippen LogP contribution in [0.3, 0.4) is 0 Å². The number of amides is 1. The summed E-state index contributed by atoms with van der Waals surface area (Å²) >= 11 is 1.58. The van der Waals surface area contributed by atoms with Crippen molar-refractivity contribution in [1.29, 1.82) is 0 Å². The van der Waals surface area contributed by atoms with Crippen LogP contribution in [0.5, 0.6) is 0 Å². The molecular weight excluding hydrogens is 477 g/mol. The van der Waals surface area contributed by atoms with E-state index in [1.165, 1.54) is 43.4 Å². The summed E-state index contributed by atoms with van der Waals surface area (Å²) in [5.41, 5.74) is 4.40. The Morgan fingerprint density at radius 3 is 2.51 bits per heavy atom. The first-order valence-electron chi connectivity index (χ1n) is 13.2. The molecule has 1 unspecified atom stereocenters. The number of aryl methyl sites for hydroxylation is 1. The smallest absolute Gasteiger partial charge is 0.480 e. The first-order chi connectivity index (χ1) is 17.4. The Kier molecular flexibility index (Phi) is 13.9. The average molecular weight is 519 g/mol. The van der Waals surface area contributed by atoms with Crippen molar-refractivity contribution in [2.45, 2.75) is 70.9 Å². The van der Waals surface area contributed by atoms with Gasteiger partial charge in [-0.15, -0.1) is 0 Å². The molecule has 7 heteroatoms. The summed E-state index contributed by atoms with van der Waals surface area (Å²) in [5, 5.41) is 9.74. The molecule has 196 valence electrons. The number of nitrogens with zero attached hydrogens (tertiary/aromatic N) is 1. The summed E-state index contributed by atoms with van der Waals surface area (Å²) < 4.78 is 6.02. The van der Waals surface area contributed by atoms with Crippen LogP contribution in [0, 0.1) is 12.8 Å². The van der Waals surface area contributed by atoms with Crippen LogP contribution in [0.2, 0.25) is 0 Å². The number of benzene rings is 2. The number of hydrogen-bond acceptors (Lipinski definition) is 4. The summed E-state index contributed by atoms with van der Waals surface area (Å²) in [6, 6.07) is 12.9.